The Hall–Kier alpha value is -0.460. The standard InChI is InChI=1S/C13H15Br2N3S/c1-3-10-13(15)11(18(2)17-10)7-19-12-5-4-8(14)6-9(12)16/h4-6H,3,7,16H2,1-2H3. The molecule has 0 fully saturated rings. The van der Waals surface area contributed by atoms with Crippen LogP contribution in [0.5, 0.6) is 0 Å². The number of nitrogen functional groups attached to an aromatic ring is 1. The molecule has 0 aliphatic heterocycles. The van der Waals surface area contributed by atoms with Crippen LogP contribution in [0.15, 0.2) is 32.0 Å². The largest absolute Gasteiger partial charge is 0.398 e. The van der Waals surface area contributed by atoms with Crippen molar-refractivity contribution in [3.05, 3.63) is 38.5 Å². The zero-order valence-electron chi connectivity index (χ0n) is 10.8. The Balaban J connectivity index is 2.16. The van der Waals surface area contributed by atoms with Crippen LogP contribution >= 0.6 is 43.6 Å². The molecule has 0 atom stereocenters. The molecule has 2 aromatic rings. The van der Waals surface area contributed by atoms with Crippen LogP contribution in [0, 0.1) is 0 Å². The summed E-state index contributed by atoms with van der Waals surface area (Å²) in [7, 11) is 1.98. The van der Waals surface area contributed by atoms with E-state index < -0.39 is 0 Å². The van der Waals surface area contributed by atoms with E-state index in [1.165, 1.54) is 5.69 Å². The van der Waals surface area contributed by atoms with Crippen LogP contribution in [0.1, 0.15) is 18.3 Å². The van der Waals surface area contributed by atoms with E-state index in [-0.39, 0.29) is 0 Å². The van der Waals surface area contributed by atoms with Crippen molar-refractivity contribution in [2.45, 2.75) is 24.0 Å². The van der Waals surface area contributed by atoms with Gasteiger partial charge in [0.1, 0.15) is 0 Å². The van der Waals surface area contributed by atoms with Crippen molar-refractivity contribution in [1.82, 2.24) is 9.78 Å². The molecule has 1 aromatic carbocycles. The molecule has 102 valence electrons. The van der Waals surface area contributed by atoms with Crippen molar-refractivity contribution < 1.29 is 0 Å². The smallest absolute Gasteiger partial charge is 0.0767 e. The zero-order valence-corrected chi connectivity index (χ0v) is 14.8. The van der Waals surface area contributed by atoms with E-state index >= 15 is 0 Å². The average molecular weight is 405 g/mol. The van der Waals surface area contributed by atoms with Crippen molar-refractivity contribution in [3.8, 4) is 0 Å². The molecule has 0 radical (unpaired) electrons. The molecule has 6 heteroatoms. The fourth-order valence-electron chi connectivity index (χ4n) is 1.77. The third kappa shape index (κ3) is 3.35. The fourth-order valence-corrected chi connectivity index (χ4v) is 4.11. The molecular formula is C13H15Br2N3S. The summed E-state index contributed by atoms with van der Waals surface area (Å²) in [6.45, 7) is 2.11. The highest BCUT2D eigenvalue weighted by atomic mass is 79.9. The maximum atomic E-state index is 6.01. The van der Waals surface area contributed by atoms with Gasteiger partial charge in [-0.15, -0.1) is 11.8 Å². The summed E-state index contributed by atoms with van der Waals surface area (Å²) in [5.74, 6) is 0.843. The number of hydrogen-bond donors (Lipinski definition) is 1. The lowest BCUT2D eigenvalue weighted by Crippen LogP contribution is -1.97. The van der Waals surface area contributed by atoms with Gasteiger partial charge < -0.3 is 5.73 Å². The SMILES string of the molecule is CCc1nn(C)c(CSc2ccc(Br)cc2N)c1Br. The molecule has 19 heavy (non-hydrogen) atoms. The number of aryl methyl sites for hydroxylation is 2. The summed E-state index contributed by atoms with van der Waals surface area (Å²) in [6, 6.07) is 5.97. The highest BCUT2D eigenvalue weighted by Gasteiger charge is 2.13. The maximum absolute atomic E-state index is 6.01. The molecule has 2 rings (SSSR count). The molecule has 3 nitrogen and oxygen atoms in total. The van der Waals surface area contributed by atoms with Crippen molar-refractivity contribution in [2.75, 3.05) is 5.73 Å². The van der Waals surface area contributed by atoms with Gasteiger partial charge in [0, 0.05) is 27.9 Å². The second-order valence-electron chi connectivity index (χ2n) is 4.16. The topological polar surface area (TPSA) is 43.8 Å². The first-order valence-electron chi connectivity index (χ1n) is 5.91. The lowest BCUT2D eigenvalue weighted by Gasteiger charge is -2.06. The summed E-state index contributed by atoms with van der Waals surface area (Å²) in [5.41, 5.74) is 9.09. The fraction of sp³-hybridized carbons (Fsp3) is 0.308. The number of halogens is 2. The van der Waals surface area contributed by atoms with Gasteiger partial charge in [-0.05, 0) is 40.5 Å². The first-order chi connectivity index (χ1) is 9.02. The van der Waals surface area contributed by atoms with Crippen molar-refractivity contribution in [1.29, 1.82) is 0 Å². The predicted octanol–water partition coefficient (Wildman–Crippen LogP) is 4.38. The molecule has 1 aromatic heterocycles. The normalized spacial score (nSPS) is 10.9. The quantitative estimate of drug-likeness (QED) is 0.607. The highest BCUT2D eigenvalue weighted by molar-refractivity contribution is 9.10. The minimum absolute atomic E-state index is 0.799. The summed E-state index contributed by atoms with van der Waals surface area (Å²) in [4.78, 5) is 1.09. The van der Waals surface area contributed by atoms with Gasteiger partial charge in [-0.3, -0.25) is 4.68 Å². The van der Waals surface area contributed by atoms with Gasteiger partial charge in [0.2, 0.25) is 0 Å². The molecule has 0 aliphatic carbocycles. The molecule has 1 heterocycles. The molecule has 0 bridgehead atoms. The van der Waals surface area contributed by atoms with Crippen LogP contribution < -0.4 is 5.73 Å². The van der Waals surface area contributed by atoms with Crippen molar-refractivity contribution >= 4 is 49.3 Å². The lowest BCUT2D eigenvalue weighted by molar-refractivity contribution is 0.719. The molecule has 0 saturated carbocycles. The van der Waals surface area contributed by atoms with E-state index in [1.54, 1.807) is 11.8 Å². The van der Waals surface area contributed by atoms with Gasteiger partial charge in [-0.2, -0.15) is 5.10 Å². The maximum Gasteiger partial charge on any atom is 0.0767 e. The molecule has 2 N–H and O–H groups in total. The number of hydrogen-bond acceptors (Lipinski definition) is 3. The monoisotopic (exact) mass is 403 g/mol. The van der Waals surface area contributed by atoms with Crippen LogP contribution in [-0.4, -0.2) is 9.78 Å². The summed E-state index contributed by atoms with van der Waals surface area (Å²) in [5, 5.41) is 4.50. The Morgan fingerprint density at radius 1 is 1.37 bits per heavy atom. The number of aromatic nitrogens is 2. The van der Waals surface area contributed by atoms with Gasteiger partial charge >= 0.3 is 0 Å². The molecule has 0 aliphatic rings. The van der Waals surface area contributed by atoms with E-state index in [1.807, 2.05) is 29.9 Å². The van der Waals surface area contributed by atoms with E-state index in [2.05, 4.69) is 43.9 Å². The number of thioether (sulfide) groups is 1. The van der Waals surface area contributed by atoms with Crippen LogP contribution in [0.2, 0.25) is 0 Å². The Morgan fingerprint density at radius 3 is 2.68 bits per heavy atom. The minimum Gasteiger partial charge on any atom is -0.398 e. The number of nitrogens with two attached hydrogens (primary N) is 1. The number of benzene rings is 1. The second kappa shape index (κ2) is 6.33. The van der Waals surface area contributed by atoms with E-state index in [9.17, 15) is 0 Å². The van der Waals surface area contributed by atoms with E-state index in [0.29, 0.717) is 0 Å². The van der Waals surface area contributed by atoms with Gasteiger partial charge in [-0.1, -0.05) is 22.9 Å². The Kier molecular flexibility index (Phi) is 4.97. The first-order valence-corrected chi connectivity index (χ1v) is 8.48. The van der Waals surface area contributed by atoms with E-state index in [4.69, 9.17) is 5.73 Å². The molecule has 0 spiro atoms. The van der Waals surface area contributed by atoms with E-state index in [0.717, 1.165) is 37.4 Å². The third-order valence-electron chi connectivity index (χ3n) is 2.84. The Morgan fingerprint density at radius 2 is 2.11 bits per heavy atom. The van der Waals surface area contributed by atoms with Crippen LogP contribution in [0.25, 0.3) is 0 Å². The van der Waals surface area contributed by atoms with Crippen LogP contribution in [-0.2, 0) is 19.2 Å². The number of rotatable bonds is 4. The Labute approximate surface area is 134 Å². The van der Waals surface area contributed by atoms with Gasteiger partial charge in [0.05, 0.1) is 15.9 Å². The second-order valence-corrected chi connectivity index (χ2v) is 6.88. The predicted molar refractivity (Wildman–Crippen MR) is 88.4 cm³/mol. The highest BCUT2D eigenvalue weighted by Crippen LogP contribution is 2.33. The molecule has 0 unspecified atom stereocenters. The Bertz CT molecular complexity index is 596. The summed E-state index contributed by atoms with van der Waals surface area (Å²) < 4.78 is 4.05. The van der Waals surface area contributed by atoms with Crippen molar-refractivity contribution in [2.24, 2.45) is 7.05 Å². The van der Waals surface area contributed by atoms with Crippen LogP contribution in [0.4, 0.5) is 5.69 Å². The lowest BCUT2D eigenvalue weighted by atomic mass is 10.3. The molecule has 0 saturated heterocycles. The third-order valence-corrected chi connectivity index (χ3v) is 5.35. The molecular weight excluding hydrogens is 390 g/mol. The minimum atomic E-state index is 0.799. The van der Waals surface area contributed by atoms with Crippen LogP contribution in [0.3, 0.4) is 0 Å². The number of anilines is 1. The molecule has 0 amide bonds. The zero-order chi connectivity index (χ0) is 14.0. The average Bonchev–Trinajstić information content (AvgIpc) is 2.64. The van der Waals surface area contributed by atoms with Gasteiger partial charge in [-0.25, -0.2) is 0 Å². The van der Waals surface area contributed by atoms with Gasteiger partial charge in [0.15, 0.2) is 0 Å². The van der Waals surface area contributed by atoms with Gasteiger partial charge in [0.25, 0.3) is 0 Å². The first kappa shape index (κ1) is 14.9. The number of nitrogens with zero attached hydrogens (tertiary/aromatic N) is 2. The van der Waals surface area contributed by atoms with Crippen molar-refractivity contribution in [3.63, 3.8) is 0 Å². The summed E-state index contributed by atoms with van der Waals surface area (Å²) >= 11 is 8.77. The summed E-state index contributed by atoms with van der Waals surface area (Å²) in [6.07, 6.45) is 0.930.